The topological polar surface area (TPSA) is 204 Å². The molecule has 0 radical (unpaired) electrons. The molecule has 0 aliphatic carbocycles. The zero-order valence-electron chi connectivity index (χ0n) is 27.1. The molecule has 0 aliphatic heterocycles. The highest BCUT2D eigenvalue weighted by Crippen LogP contribution is 2.17. The number of esters is 4. The average Bonchev–Trinajstić information content (AvgIpc) is 3.57. The Morgan fingerprint density at radius 1 is 0.689 bits per heavy atom. The van der Waals surface area contributed by atoms with Crippen LogP contribution in [-0.2, 0) is 23.8 Å². The molecule has 14 heteroatoms. The number of carbonyl (C=O) groups excluding carboxylic acids is 5. The van der Waals surface area contributed by atoms with Crippen LogP contribution < -0.4 is 11.7 Å². The lowest BCUT2D eigenvalue weighted by Gasteiger charge is -2.04. The lowest BCUT2D eigenvalue weighted by Crippen LogP contribution is -2.18. The fraction of sp³-hybridized carbons (Fsp3) is 0.387. The van der Waals surface area contributed by atoms with Gasteiger partial charge in [-0.2, -0.15) is 5.90 Å². The van der Waals surface area contributed by atoms with Crippen molar-refractivity contribution in [2.45, 2.75) is 55.4 Å². The van der Waals surface area contributed by atoms with E-state index in [4.69, 9.17) is 24.8 Å². The summed E-state index contributed by atoms with van der Waals surface area (Å²) in [5.74, 6) is 7.80. The summed E-state index contributed by atoms with van der Waals surface area (Å²) in [4.78, 5) is 63.5. The van der Waals surface area contributed by atoms with E-state index in [1.54, 1.807) is 65.8 Å². The van der Waals surface area contributed by atoms with Crippen LogP contribution in [0.5, 0.6) is 0 Å². The molecule has 0 aliphatic rings. The summed E-state index contributed by atoms with van der Waals surface area (Å²) in [6.07, 6.45) is 2.82. The van der Waals surface area contributed by atoms with E-state index >= 15 is 0 Å². The van der Waals surface area contributed by atoms with Crippen molar-refractivity contribution in [2.24, 2.45) is 5.90 Å². The molecule has 0 atom stereocenters. The SMILES string of the molecule is CC.CCOC(=O)c1c[nH]c(C(=O)OCC)c1C.CCOC(=O)c1cn(N)c(C(=O)OCC)c1C.NOC(=O)c1ccccc1. The molecule has 0 fully saturated rings. The van der Waals surface area contributed by atoms with Gasteiger partial charge in [-0.3, -0.25) is 4.68 Å². The van der Waals surface area contributed by atoms with Crippen LogP contribution in [0.25, 0.3) is 0 Å². The number of nitrogens with one attached hydrogen (secondary N) is 1. The normalized spacial score (nSPS) is 9.44. The highest BCUT2D eigenvalue weighted by Gasteiger charge is 2.23. The molecule has 2 aromatic heterocycles. The van der Waals surface area contributed by atoms with E-state index in [1.165, 1.54) is 12.4 Å². The molecule has 5 N–H and O–H groups in total. The Labute approximate surface area is 262 Å². The van der Waals surface area contributed by atoms with Crippen LogP contribution in [0.2, 0.25) is 0 Å². The van der Waals surface area contributed by atoms with Gasteiger partial charge in [-0.15, -0.1) is 0 Å². The summed E-state index contributed by atoms with van der Waals surface area (Å²) in [6, 6.07) is 8.57. The predicted octanol–water partition coefficient (Wildman–Crippen LogP) is 4.28. The van der Waals surface area contributed by atoms with E-state index < -0.39 is 29.8 Å². The molecule has 45 heavy (non-hydrogen) atoms. The maximum Gasteiger partial charge on any atom is 0.357 e. The van der Waals surface area contributed by atoms with Crippen molar-refractivity contribution >= 4 is 29.8 Å². The number of benzene rings is 1. The van der Waals surface area contributed by atoms with E-state index in [-0.39, 0.29) is 24.5 Å². The van der Waals surface area contributed by atoms with Gasteiger partial charge in [0.25, 0.3) is 0 Å². The summed E-state index contributed by atoms with van der Waals surface area (Å²) in [5, 5.41) is 0. The first-order valence-corrected chi connectivity index (χ1v) is 14.3. The average molecular weight is 633 g/mol. The number of hydrogen-bond donors (Lipinski definition) is 3. The van der Waals surface area contributed by atoms with E-state index in [9.17, 15) is 24.0 Å². The molecule has 0 unspecified atom stereocenters. The summed E-state index contributed by atoms with van der Waals surface area (Å²) >= 11 is 0. The monoisotopic (exact) mass is 632 g/mol. The molecule has 0 saturated heterocycles. The second kappa shape index (κ2) is 21.6. The third-order valence-electron chi connectivity index (χ3n) is 5.48. The zero-order chi connectivity index (χ0) is 34.5. The molecule has 248 valence electrons. The highest BCUT2D eigenvalue weighted by molar-refractivity contribution is 5.98. The number of nitrogen functional groups attached to an aromatic ring is 1. The predicted molar refractivity (Wildman–Crippen MR) is 166 cm³/mol. The van der Waals surface area contributed by atoms with Crippen molar-refractivity contribution in [2.75, 3.05) is 32.3 Å². The Hall–Kier alpha value is -5.11. The summed E-state index contributed by atoms with van der Waals surface area (Å²) in [6.45, 7) is 15.3. The van der Waals surface area contributed by atoms with E-state index in [0.717, 1.165) is 4.68 Å². The molecule has 3 rings (SSSR count). The van der Waals surface area contributed by atoms with E-state index in [1.807, 2.05) is 19.9 Å². The van der Waals surface area contributed by atoms with Crippen molar-refractivity contribution < 1.29 is 47.8 Å². The minimum absolute atomic E-state index is 0.162. The molecule has 3 aromatic rings. The van der Waals surface area contributed by atoms with Gasteiger partial charge >= 0.3 is 29.8 Å². The first kappa shape index (κ1) is 39.9. The van der Waals surface area contributed by atoms with Gasteiger partial charge in [-0.25, -0.2) is 24.0 Å². The number of aromatic amines is 1. The number of ether oxygens (including phenoxy) is 4. The molecular weight excluding hydrogens is 588 g/mol. The summed E-state index contributed by atoms with van der Waals surface area (Å²) < 4.78 is 20.5. The molecular formula is C31H44N4O10. The molecule has 0 amide bonds. The van der Waals surface area contributed by atoms with E-state index in [2.05, 4.69) is 15.7 Å². The van der Waals surface area contributed by atoms with Gasteiger partial charge in [0, 0.05) is 12.4 Å². The van der Waals surface area contributed by atoms with Crippen LogP contribution in [0, 0.1) is 13.8 Å². The fourth-order valence-corrected chi connectivity index (χ4v) is 3.47. The van der Waals surface area contributed by atoms with Crippen LogP contribution in [0.15, 0.2) is 42.7 Å². The Kier molecular flexibility index (Phi) is 19.1. The van der Waals surface area contributed by atoms with E-state index in [0.29, 0.717) is 41.2 Å². The van der Waals surface area contributed by atoms with Gasteiger partial charge in [0.05, 0.1) is 43.1 Å². The van der Waals surface area contributed by atoms with Crippen LogP contribution in [0.1, 0.15) is 105 Å². The number of nitrogens with zero attached hydrogens (tertiary/aromatic N) is 1. The van der Waals surface area contributed by atoms with Crippen molar-refractivity contribution in [3.05, 3.63) is 81.9 Å². The number of carbonyl (C=O) groups is 5. The summed E-state index contributed by atoms with van der Waals surface area (Å²) in [7, 11) is 0. The van der Waals surface area contributed by atoms with Crippen molar-refractivity contribution in [3.8, 4) is 0 Å². The third-order valence-corrected chi connectivity index (χ3v) is 5.48. The lowest BCUT2D eigenvalue weighted by molar-refractivity contribution is 0.0496. The van der Waals surface area contributed by atoms with Gasteiger partial charge in [0.2, 0.25) is 0 Å². The number of aromatic nitrogens is 2. The Morgan fingerprint density at radius 3 is 1.64 bits per heavy atom. The van der Waals surface area contributed by atoms with Gasteiger partial charge in [0.1, 0.15) is 5.69 Å². The van der Waals surface area contributed by atoms with Crippen LogP contribution >= 0.6 is 0 Å². The molecule has 0 bridgehead atoms. The van der Waals surface area contributed by atoms with Gasteiger partial charge in [-0.05, 0) is 64.8 Å². The molecule has 1 aromatic carbocycles. The maximum absolute atomic E-state index is 11.6. The van der Waals surface area contributed by atoms with Gasteiger partial charge < -0.3 is 34.6 Å². The standard InChI is InChI=1S/C11H16N2O4.C11H15NO4.C7H7NO2.C2H6/c1-4-16-10(14)8-6-13(12)9(7(8)3)11(15)17-5-2;1-4-15-10(13)8-6-12-9(7(8)3)11(14)16-5-2;8-10-7(9)6-4-2-1-3-5-6;1-2/h6H,4-5,12H2,1-3H3;6,12H,4-5H2,1-3H3;1-5H,8H2;1-2H3. The second-order valence-corrected chi connectivity index (χ2v) is 8.28. The first-order valence-electron chi connectivity index (χ1n) is 14.3. The van der Waals surface area contributed by atoms with Gasteiger partial charge in [-0.1, -0.05) is 32.0 Å². The molecule has 0 spiro atoms. The highest BCUT2D eigenvalue weighted by atomic mass is 16.7. The van der Waals surface area contributed by atoms with Crippen LogP contribution in [0.3, 0.4) is 0 Å². The Morgan fingerprint density at radius 2 is 1.16 bits per heavy atom. The van der Waals surface area contributed by atoms with Gasteiger partial charge in [0.15, 0.2) is 5.69 Å². The fourth-order valence-electron chi connectivity index (χ4n) is 3.47. The number of hydrogen-bond acceptors (Lipinski definition) is 12. The Balaban J connectivity index is 0.000000646. The van der Waals surface area contributed by atoms with Crippen LogP contribution in [-0.4, -0.2) is 65.9 Å². The van der Waals surface area contributed by atoms with Crippen molar-refractivity contribution in [1.82, 2.24) is 9.66 Å². The largest absolute Gasteiger partial charge is 0.462 e. The molecule has 2 heterocycles. The zero-order valence-corrected chi connectivity index (χ0v) is 27.1. The van der Waals surface area contributed by atoms with Crippen LogP contribution in [0.4, 0.5) is 0 Å². The van der Waals surface area contributed by atoms with Crippen molar-refractivity contribution in [1.29, 1.82) is 0 Å². The lowest BCUT2D eigenvalue weighted by atomic mass is 10.2. The first-order chi connectivity index (χ1) is 21.5. The quantitative estimate of drug-likeness (QED) is 0.131. The molecule has 0 saturated carbocycles. The third kappa shape index (κ3) is 12.2. The maximum atomic E-state index is 11.6. The minimum Gasteiger partial charge on any atom is -0.462 e. The minimum atomic E-state index is -0.553. The van der Waals surface area contributed by atoms with Crippen molar-refractivity contribution in [3.63, 3.8) is 0 Å². The number of H-pyrrole nitrogens is 1. The Bertz CT molecular complexity index is 1340. The second-order valence-electron chi connectivity index (χ2n) is 8.28. The smallest absolute Gasteiger partial charge is 0.357 e. The summed E-state index contributed by atoms with van der Waals surface area (Å²) in [5.41, 5.74) is 2.58. The number of nitrogens with two attached hydrogens (primary N) is 2. The molecule has 14 nitrogen and oxygen atoms in total. The number of rotatable bonds is 9.